The quantitative estimate of drug-likeness (QED) is 0.785. The van der Waals surface area contributed by atoms with Gasteiger partial charge in [-0.3, -0.25) is 0 Å². The molecule has 1 atom stereocenters. The van der Waals surface area contributed by atoms with Crippen LogP contribution in [-0.2, 0) is 4.74 Å². The fraction of sp³-hybridized carbons (Fsp3) is 0.643. The largest absolute Gasteiger partial charge is 0.444 e. The molecule has 0 spiro atoms. The van der Waals surface area contributed by atoms with Gasteiger partial charge in [0, 0.05) is 18.3 Å². The molecule has 1 aromatic rings. The highest BCUT2D eigenvalue weighted by Crippen LogP contribution is 2.27. The van der Waals surface area contributed by atoms with E-state index >= 15 is 0 Å². The summed E-state index contributed by atoms with van der Waals surface area (Å²) in [6, 6.07) is 0. The molecular weight excluding hydrogens is 293 g/mol. The molecule has 0 saturated carbocycles. The number of amides is 1. The number of ether oxygens (including phenoxy) is 1. The first-order valence-electron chi connectivity index (χ1n) is 6.95. The average molecular weight is 313 g/mol. The van der Waals surface area contributed by atoms with E-state index in [1.165, 1.54) is 11.8 Å². The van der Waals surface area contributed by atoms with E-state index in [1.54, 1.807) is 4.90 Å². The maximum absolute atomic E-state index is 12.8. The molecule has 1 saturated heterocycles. The summed E-state index contributed by atoms with van der Waals surface area (Å²) in [6.07, 6.45) is 3.92. The Hall–Kier alpha value is -1.37. The molecule has 1 amide bonds. The first-order valence-corrected chi connectivity index (χ1v) is 7.83. The molecule has 0 bridgehead atoms. The Labute approximate surface area is 128 Å². The number of rotatable bonds is 2. The number of carbonyl (C=O) groups is 1. The lowest BCUT2D eigenvalue weighted by Gasteiger charge is -2.33. The van der Waals surface area contributed by atoms with Gasteiger partial charge in [0.05, 0.1) is 12.4 Å². The summed E-state index contributed by atoms with van der Waals surface area (Å²) in [6.45, 7) is 6.87. The molecule has 5 nitrogen and oxygen atoms in total. The van der Waals surface area contributed by atoms with E-state index < -0.39 is 11.4 Å². The van der Waals surface area contributed by atoms with Crippen LogP contribution < -0.4 is 0 Å². The Balaban J connectivity index is 1.91. The molecule has 0 radical (unpaired) electrons. The maximum atomic E-state index is 12.8. The van der Waals surface area contributed by atoms with Crippen molar-refractivity contribution in [2.45, 2.75) is 49.6 Å². The van der Waals surface area contributed by atoms with E-state index in [0.29, 0.717) is 18.2 Å². The van der Waals surface area contributed by atoms with Crippen LogP contribution in [0.4, 0.5) is 9.18 Å². The zero-order valence-corrected chi connectivity index (χ0v) is 13.3. The van der Waals surface area contributed by atoms with Crippen LogP contribution in [0, 0.1) is 5.82 Å². The molecule has 7 heteroatoms. The first kappa shape index (κ1) is 16.0. The first-order chi connectivity index (χ1) is 9.83. The van der Waals surface area contributed by atoms with Crippen LogP contribution in [0.5, 0.6) is 0 Å². The molecule has 1 aliphatic heterocycles. The van der Waals surface area contributed by atoms with Gasteiger partial charge in [-0.1, -0.05) is 11.8 Å². The Morgan fingerprint density at radius 2 is 2.10 bits per heavy atom. The van der Waals surface area contributed by atoms with Crippen molar-refractivity contribution in [3.8, 4) is 0 Å². The van der Waals surface area contributed by atoms with Crippen molar-refractivity contribution in [1.29, 1.82) is 0 Å². The zero-order chi connectivity index (χ0) is 15.5. The summed E-state index contributed by atoms with van der Waals surface area (Å²) in [5, 5.41) is 0.740. The van der Waals surface area contributed by atoms with Gasteiger partial charge in [-0.15, -0.1) is 0 Å². The van der Waals surface area contributed by atoms with Crippen molar-refractivity contribution in [2.24, 2.45) is 0 Å². The highest BCUT2D eigenvalue weighted by molar-refractivity contribution is 7.99. The van der Waals surface area contributed by atoms with Gasteiger partial charge in [0.25, 0.3) is 0 Å². The van der Waals surface area contributed by atoms with E-state index in [-0.39, 0.29) is 11.3 Å². The van der Waals surface area contributed by atoms with Gasteiger partial charge in [-0.05, 0) is 33.6 Å². The molecule has 1 aromatic heterocycles. The van der Waals surface area contributed by atoms with Crippen molar-refractivity contribution < 1.29 is 13.9 Å². The fourth-order valence-corrected chi connectivity index (χ4v) is 3.10. The molecule has 2 rings (SSSR count). The molecule has 21 heavy (non-hydrogen) atoms. The smallest absolute Gasteiger partial charge is 0.410 e. The Bertz CT molecular complexity index is 490. The van der Waals surface area contributed by atoms with Crippen molar-refractivity contribution in [3.05, 3.63) is 18.2 Å². The number of aromatic nitrogens is 2. The van der Waals surface area contributed by atoms with Crippen LogP contribution in [0.1, 0.15) is 33.6 Å². The monoisotopic (exact) mass is 313 g/mol. The standard InChI is InChI=1S/C14H20FN3O2S/c1-14(2,3)20-13(19)18-6-4-5-11(9-18)21-12-16-7-10(15)8-17-12/h7-8,11H,4-6,9H2,1-3H3. The highest BCUT2D eigenvalue weighted by Gasteiger charge is 2.28. The normalized spacial score (nSPS) is 19.4. The van der Waals surface area contributed by atoms with Gasteiger partial charge in [0.15, 0.2) is 11.0 Å². The Kier molecular flexibility index (Phi) is 5.03. The minimum Gasteiger partial charge on any atom is -0.444 e. The maximum Gasteiger partial charge on any atom is 0.410 e. The number of nitrogens with zero attached hydrogens (tertiary/aromatic N) is 3. The number of piperidine rings is 1. The van der Waals surface area contributed by atoms with Crippen LogP contribution in [-0.4, -0.2) is 44.9 Å². The molecule has 0 aliphatic carbocycles. The van der Waals surface area contributed by atoms with Gasteiger partial charge in [0.1, 0.15) is 5.60 Å². The van der Waals surface area contributed by atoms with Gasteiger partial charge in [-0.2, -0.15) is 0 Å². The second-order valence-electron chi connectivity index (χ2n) is 5.99. The molecule has 1 aliphatic rings. The van der Waals surface area contributed by atoms with Crippen molar-refractivity contribution in [2.75, 3.05) is 13.1 Å². The number of thioether (sulfide) groups is 1. The number of hydrogen-bond donors (Lipinski definition) is 0. The summed E-state index contributed by atoms with van der Waals surface area (Å²) < 4.78 is 18.2. The van der Waals surface area contributed by atoms with E-state index in [9.17, 15) is 9.18 Å². The van der Waals surface area contributed by atoms with Crippen LogP contribution in [0.3, 0.4) is 0 Å². The lowest BCUT2D eigenvalue weighted by atomic mass is 10.1. The van der Waals surface area contributed by atoms with Gasteiger partial charge in [-0.25, -0.2) is 19.2 Å². The van der Waals surface area contributed by atoms with E-state index in [0.717, 1.165) is 25.2 Å². The zero-order valence-electron chi connectivity index (χ0n) is 12.5. The van der Waals surface area contributed by atoms with Crippen molar-refractivity contribution in [3.63, 3.8) is 0 Å². The summed E-state index contributed by atoms with van der Waals surface area (Å²) >= 11 is 1.47. The molecule has 1 fully saturated rings. The van der Waals surface area contributed by atoms with Crippen LogP contribution in [0.2, 0.25) is 0 Å². The topological polar surface area (TPSA) is 55.3 Å². The highest BCUT2D eigenvalue weighted by atomic mass is 32.2. The predicted molar refractivity (Wildman–Crippen MR) is 78.7 cm³/mol. The second kappa shape index (κ2) is 6.60. The Morgan fingerprint density at radius 1 is 1.43 bits per heavy atom. The third-order valence-electron chi connectivity index (χ3n) is 2.90. The van der Waals surface area contributed by atoms with Crippen molar-refractivity contribution in [1.82, 2.24) is 14.9 Å². The lowest BCUT2D eigenvalue weighted by Crippen LogP contribution is -2.43. The summed E-state index contributed by atoms with van der Waals surface area (Å²) in [4.78, 5) is 21.7. The third-order valence-corrected chi connectivity index (χ3v) is 4.04. The van der Waals surface area contributed by atoms with E-state index in [2.05, 4.69) is 9.97 Å². The van der Waals surface area contributed by atoms with Crippen LogP contribution in [0.15, 0.2) is 17.6 Å². The lowest BCUT2D eigenvalue weighted by molar-refractivity contribution is 0.0220. The average Bonchev–Trinajstić information content (AvgIpc) is 2.40. The van der Waals surface area contributed by atoms with Crippen LogP contribution >= 0.6 is 11.8 Å². The summed E-state index contributed by atoms with van der Waals surface area (Å²) in [5.41, 5.74) is -0.489. The summed E-state index contributed by atoms with van der Waals surface area (Å²) in [5.74, 6) is -0.446. The molecule has 2 heterocycles. The third kappa shape index (κ3) is 5.15. The summed E-state index contributed by atoms with van der Waals surface area (Å²) in [7, 11) is 0. The second-order valence-corrected chi connectivity index (χ2v) is 7.26. The molecular formula is C14H20FN3O2S. The predicted octanol–water partition coefficient (Wildman–Crippen LogP) is 3.11. The SMILES string of the molecule is CC(C)(C)OC(=O)N1CCCC(Sc2ncc(F)cn2)C1. The number of carbonyl (C=O) groups excluding carboxylic acids is 1. The number of halogens is 1. The molecule has 1 unspecified atom stereocenters. The number of likely N-dealkylation sites (tertiary alicyclic amines) is 1. The fourth-order valence-electron chi connectivity index (χ4n) is 2.04. The molecule has 116 valence electrons. The molecule has 0 aromatic carbocycles. The van der Waals surface area contributed by atoms with Gasteiger partial charge in [0.2, 0.25) is 0 Å². The van der Waals surface area contributed by atoms with E-state index in [4.69, 9.17) is 4.74 Å². The number of hydrogen-bond acceptors (Lipinski definition) is 5. The van der Waals surface area contributed by atoms with E-state index in [1.807, 2.05) is 20.8 Å². The Morgan fingerprint density at radius 3 is 2.71 bits per heavy atom. The van der Waals surface area contributed by atoms with Crippen molar-refractivity contribution >= 4 is 17.9 Å². The van der Waals surface area contributed by atoms with Crippen LogP contribution in [0.25, 0.3) is 0 Å². The van der Waals surface area contributed by atoms with Gasteiger partial charge >= 0.3 is 6.09 Å². The molecule has 0 N–H and O–H groups in total. The minimum atomic E-state index is -0.489. The van der Waals surface area contributed by atoms with Gasteiger partial charge < -0.3 is 9.64 Å². The minimum absolute atomic E-state index is 0.205.